The van der Waals surface area contributed by atoms with Crippen LogP contribution in [0.4, 0.5) is 5.69 Å². The van der Waals surface area contributed by atoms with Gasteiger partial charge in [0.2, 0.25) is 5.91 Å². The molecule has 2 unspecified atom stereocenters. The molecule has 1 aromatic carbocycles. The van der Waals surface area contributed by atoms with Crippen LogP contribution in [0.3, 0.4) is 0 Å². The van der Waals surface area contributed by atoms with Gasteiger partial charge >= 0.3 is 0 Å². The van der Waals surface area contributed by atoms with Crippen LogP contribution in [-0.2, 0) is 4.79 Å². The molecule has 2 aliphatic carbocycles. The Kier molecular flexibility index (Phi) is 3.30. The number of oxime groups is 1. The third kappa shape index (κ3) is 2.22. The lowest BCUT2D eigenvalue weighted by molar-refractivity contribution is -0.118. The predicted molar refractivity (Wildman–Crippen MR) is 76.9 cm³/mol. The normalized spacial score (nSPS) is 28.1. The van der Waals surface area contributed by atoms with Gasteiger partial charge in [0.05, 0.1) is 5.69 Å². The quantitative estimate of drug-likeness (QED) is 0.346. The second kappa shape index (κ2) is 4.98. The van der Waals surface area contributed by atoms with Crippen LogP contribution < -0.4 is 11.1 Å². The first-order valence-electron chi connectivity index (χ1n) is 6.70. The van der Waals surface area contributed by atoms with E-state index in [1.807, 2.05) is 0 Å². The zero-order valence-electron chi connectivity index (χ0n) is 10.8. The van der Waals surface area contributed by atoms with Gasteiger partial charge in [0.15, 0.2) is 5.84 Å². The molecule has 0 saturated heterocycles. The molecule has 2 fully saturated rings. The zero-order chi connectivity index (χ0) is 14.3. The summed E-state index contributed by atoms with van der Waals surface area (Å²) < 4.78 is 0. The lowest BCUT2D eigenvalue weighted by Crippen LogP contribution is -2.21. The molecule has 2 saturated carbocycles. The van der Waals surface area contributed by atoms with Crippen LogP contribution in [0.1, 0.15) is 24.8 Å². The van der Waals surface area contributed by atoms with Crippen molar-refractivity contribution in [3.8, 4) is 0 Å². The zero-order valence-corrected chi connectivity index (χ0v) is 11.6. The van der Waals surface area contributed by atoms with E-state index >= 15 is 0 Å². The number of amidine groups is 1. The first kappa shape index (κ1) is 13.2. The van der Waals surface area contributed by atoms with Crippen molar-refractivity contribution < 1.29 is 10.0 Å². The minimum atomic E-state index is -0.0482. The fraction of sp³-hybridized carbons (Fsp3) is 0.429. The molecule has 4 N–H and O–H groups in total. The first-order chi connectivity index (χ1) is 9.61. The number of halogens is 1. The molecule has 0 aliphatic heterocycles. The molecule has 1 amide bonds. The number of nitrogens with two attached hydrogens (primary N) is 1. The molecule has 5 nitrogen and oxygen atoms in total. The summed E-state index contributed by atoms with van der Waals surface area (Å²) in [5.41, 5.74) is 6.57. The Morgan fingerprint density at radius 1 is 1.40 bits per heavy atom. The SMILES string of the molecule is N/C(=N/O)c1ccc(Cl)cc1NC(=O)C1C2CCCC21. The molecule has 20 heavy (non-hydrogen) atoms. The highest BCUT2D eigenvalue weighted by molar-refractivity contribution is 6.31. The average Bonchev–Trinajstić information content (AvgIpc) is 2.92. The van der Waals surface area contributed by atoms with Gasteiger partial charge in [-0.15, -0.1) is 0 Å². The van der Waals surface area contributed by atoms with E-state index in [2.05, 4.69) is 10.5 Å². The van der Waals surface area contributed by atoms with Crippen LogP contribution in [-0.4, -0.2) is 17.0 Å². The van der Waals surface area contributed by atoms with Crippen molar-refractivity contribution in [2.75, 3.05) is 5.32 Å². The molecule has 1 aromatic rings. The van der Waals surface area contributed by atoms with Crippen molar-refractivity contribution in [1.82, 2.24) is 0 Å². The summed E-state index contributed by atoms with van der Waals surface area (Å²) in [7, 11) is 0. The minimum absolute atomic E-state index is 0.00829. The van der Waals surface area contributed by atoms with Gasteiger partial charge in [0.25, 0.3) is 0 Å². The third-order valence-corrected chi connectivity index (χ3v) is 4.57. The fourth-order valence-electron chi connectivity index (χ4n) is 3.32. The van der Waals surface area contributed by atoms with E-state index in [0.29, 0.717) is 28.1 Å². The van der Waals surface area contributed by atoms with Crippen LogP contribution in [0, 0.1) is 17.8 Å². The van der Waals surface area contributed by atoms with Crippen LogP contribution >= 0.6 is 11.6 Å². The van der Waals surface area contributed by atoms with E-state index in [-0.39, 0.29) is 17.7 Å². The van der Waals surface area contributed by atoms with Crippen molar-refractivity contribution >= 4 is 29.0 Å². The lowest BCUT2D eigenvalue weighted by Gasteiger charge is -2.11. The van der Waals surface area contributed by atoms with E-state index in [1.54, 1.807) is 18.2 Å². The molecule has 6 heteroatoms. The molecule has 0 spiro atoms. The van der Waals surface area contributed by atoms with Gasteiger partial charge in [-0.25, -0.2) is 0 Å². The number of hydrogen-bond donors (Lipinski definition) is 3. The van der Waals surface area contributed by atoms with E-state index in [4.69, 9.17) is 22.5 Å². The molecule has 0 heterocycles. The Balaban J connectivity index is 1.79. The Hall–Kier alpha value is -1.75. The van der Waals surface area contributed by atoms with Gasteiger partial charge in [-0.05, 0) is 42.9 Å². The standard InChI is InChI=1S/C14H16ClN3O2/c15-7-4-5-10(13(16)18-20)11(6-7)17-14(19)12-8-2-1-3-9(8)12/h4-6,8-9,12,20H,1-3H2,(H2,16,18)(H,17,19). The Labute approximate surface area is 121 Å². The summed E-state index contributed by atoms with van der Waals surface area (Å²) in [6.07, 6.45) is 3.52. The molecule has 0 aromatic heterocycles. The predicted octanol–water partition coefficient (Wildman–Crippen LogP) is 2.42. The van der Waals surface area contributed by atoms with Crippen molar-refractivity contribution in [3.63, 3.8) is 0 Å². The smallest absolute Gasteiger partial charge is 0.228 e. The fourth-order valence-corrected chi connectivity index (χ4v) is 3.50. The molecule has 0 radical (unpaired) electrons. The van der Waals surface area contributed by atoms with E-state index in [9.17, 15) is 4.79 Å². The average molecular weight is 294 g/mol. The van der Waals surface area contributed by atoms with Crippen molar-refractivity contribution in [2.45, 2.75) is 19.3 Å². The lowest BCUT2D eigenvalue weighted by atomic mass is 10.1. The Morgan fingerprint density at radius 3 is 2.75 bits per heavy atom. The number of benzene rings is 1. The van der Waals surface area contributed by atoms with Gasteiger partial charge in [-0.2, -0.15) is 0 Å². The van der Waals surface area contributed by atoms with Gasteiger partial charge in [0.1, 0.15) is 0 Å². The van der Waals surface area contributed by atoms with Gasteiger partial charge in [0, 0.05) is 16.5 Å². The number of amides is 1. The molecular weight excluding hydrogens is 278 g/mol. The number of anilines is 1. The maximum atomic E-state index is 12.3. The number of carbonyl (C=O) groups is 1. The van der Waals surface area contributed by atoms with Crippen molar-refractivity contribution in [2.24, 2.45) is 28.6 Å². The summed E-state index contributed by atoms with van der Waals surface area (Å²) in [6, 6.07) is 4.88. The molecule has 3 rings (SSSR count). The van der Waals surface area contributed by atoms with Crippen LogP contribution in [0.5, 0.6) is 0 Å². The largest absolute Gasteiger partial charge is 0.409 e. The summed E-state index contributed by atoms with van der Waals surface area (Å²) in [5, 5.41) is 15.1. The Bertz CT molecular complexity index is 578. The number of fused-ring (bicyclic) bond motifs is 1. The van der Waals surface area contributed by atoms with E-state index in [1.165, 1.54) is 6.42 Å². The topological polar surface area (TPSA) is 87.7 Å². The van der Waals surface area contributed by atoms with Gasteiger partial charge in [-0.3, -0.25) is 4.79 Å². The summed E-state index contributed by atoms with van der Waals surface area (Å²) in [5.74, 6) is 1.16. The molecular formula is C14H16ClN3O2. The molecule has 106 valence electrons. The monoisotopic (exact) mass is 293 g/mol. The van der Waals surface area contributed by atoms with Gasteiger partial charge in [-0.1, -0.05) is 23.2 Å². The summed E-state index contributed by atoms with van der Waals surface area (Å²) in [6.45, 7) is 0. The van der Waals surface area contributed by atoms with Crippen LogP contribution in [0.15, 0.2) is 23.4 Å². The second-order valence-corrected chi connectivity index (χ2v) is 5.89. The first-order valence-corrected chi connectivity index (χ1v) is 7.08. The summed E-state index contributed by atoms with van der Waals surface area (Å²) >= 11 is 5.94. The van der Waals surface area contributed by atoms with Crippen molar-refractivity contribution in [1.29, 1.82) is 0 Å². The number of nitrogens with one attached hydrogen (secondary N) is 1. The minimum Gasteiger partial charge on any atom is -0.409 e. The highest BCUT2D eigenvalue weighted by atomic mass is 35.5. The maximum absolute atomic E-state index is 12.3. The van der Waals surface area contributed by atoms with E-state index in [0.717, 1.165) is 12.8 Å². The Morgan fingerprint density at radius 2 is 2.10 bits per heavy atom. The summed E-state index contributed by atoms with van der Waals surface area (Å²) in [4.78, 5) is 12.3. The number of rotatable bonds is 3. The van der Waals surface area contributed by atoms with Crippen LogP contribution in [0.2, 0.25) is 5.02 Å². The maximum Gasteiger partial charge on any atom is 0.228 e. The molecule has 2 aliphatic rings. The van der Waals surface area contributed by atoms with Crippen LogP contribution in [0.25, 0.3) is 0 Å². The molecule has 0 bridgehead atoms. The third-order valence-electron chi connectivity index (χ3n) is 4.33. The highest BCUT2D eigenvalue weighted by Crippen LogP contribution is 2.57. The second-order valence-electron chi connectivity index (χ2n) is 5.45. The number of carbonyl (C=O) groups excluding carboxylic acids is 1. The highest BCUT2D eigenvalue weighted by Gasteiger charge is 2.56. The molecule has 2 atom stereocenters. The van der Waals surface area contributed by atoms with E-state index < -0.39 is 0 Å². The number of hydrogen-bond acceptors (Lipinski definition) is 3. The van der Waals surface area contributed by atoms with Crippen molar-refractivity contribution in [3.05, 3.63) is 28.8 Å². The van der Waals surface area contributed by atoms with Gasteiger partial charge < -0.3 is 16.3 Å². The number of nitrogens with zero attached hydrogens (tertiary/aromatic N) is 1.